The van der Waals surface area contributed by atoms with Gasteiger partial charge in [0.25, 0.3) is 0 Å². The van der Waals surface area contributed by atoms with Gasteiger partial charge in [0.1, 0.15) is 6.04 Å². The summed E-state index contributed by atoms with van der Waals surface area (Å²) in [6.45, 7) is 8.09. The van der Waals surface area contributed by atoms with E-state index in [1.165, 1.54) is 96.3 Å². The number of rotatable bonds is 32. The first-order valence-corrected chi connectivity index (χ1v) is 18.3. The molecule has 0 aliphatic rings. The van der Waals surface area contributed by atoms with Crippen LogP contribution in [0.25, 0.3) is 0 Å². The fourth-order valence-electron chi connectivity index (χ4n) is 7.10. The smallest absolute Gasteiger partial charge is 0.362 e. The molecular formula is C36H69NO6. The number of carbonyl (C=O) groups is 3. The lowest BCUT2D eigenvalue weighted by Gasteiger charge is -2.52. The van der Waals surface area contributed by atoms with Crippen molar-refractivity contribution in [3.05, 3.63) is 0 Å². The van der Waals surface area contributed by atoms with E-state index < -0.39 is 40.5 Å². The van der Waals surface area contributed by atoms with Crippen LogP contribution in [0, 0.1) is 0 Å². The first-order valence-electron chi connectivity index (χ1n) is 18.3. The minimum atomic E-state index is -1.33. The maximum atomic E-state index is 12.6. The number of hydrogen-bond donors (Lipinski definition) is 2. The highest BCUT2D eigenvalue weighted by Crippen LogP contribution is 2.34. The summed E-state index contributed by atoms with van der Waals surface area (Å²) in [6, 6.07) is -3.31. The van der Waals surface area contributed by atoms with Crippen molar-refractivity contribution in [1.82, 2.24) is 0 Å². The molecule has 0 aromatic carbocycles. The van der Waals surface area contributed by atoms with E-state index in [0.717, 1.165) is 19.3 Å². The Kier molecular flexibility index (Phi) is 25.7. The van der Waals surface area contributed by atoms with E-state index in [4.69, 9.17) is 0 Å². The second-order valence-electron chi connectivity index (χ2n) is 13.0. The monoisotopic (exact) mass is 612 g/mol. The molecule has 3 atom stereocenters. The lowest BCUT2D eigenvalue weighted by Crippen LogP contribution is -2.74. The molecule has 0 aromatic rings. The molecule has 0 fully saturated rings. The number of carboxylic acid groups (broad SMARTS) is 3. The van der Waals surface area contributed by atoms with Gasteiger partial charge in [-0.1, -0.05) is 143 Å². The minimum absolute atomic E-state index is 0.211. The first-order chi connectivity index (χ1) is 20.7. The van der Waals surface area contributed by atoms with Crippen LogP contribution in [0.3, 0.4) is 0 Å². The number of quaternary nitrogens is 1. The van der Waals surface area contributed by atoms with Gasteiger partial charge in [-0.2, -0.15) is 0 Å². The van der Waals surface area contributed by atoms with Crippen molar-refractivity contribution in [2.24, 2.45) is 0 Å². The zero-order valence-corrected chi connectivity index (χ0v) is 28.6. The van der Waals surface area contributed by atoms with E-state index in [9.17, 15) is 29.7 Å². The van der Waals surface area contributed by atoms with Gasteiger partial charge >= 0.3 is 11.9 Å². The normalized spacial score (nSPS) is 15.1. The third kappa shape index (κ3) is 16.9. The Morgan fingerprint density at radius 1 is 0.465 bits per heavy atom. The van der Waals surface area contributed by atoms with Crippen molar-refractivity contribution in [3.63, 3.8) is 0 Å². The molecule has 3 unspecified atom stereocenters. The van der Waals surface area contributed by atoms with Gasteiger partial charge in [-0.25, -0.2) is 9.59 Å². The molecule has 0 amide bonds. The molecule has 0 aliphatic carbocycles. The summed E-state index contributed by atoms with van der Waals surface area (Å²) in [7, 11) is 0. The maximum absolute atomic E-state index is 12.6. The van der Waals surface area contributed by atoms with Crippen LogP contribution in [0.5, 0.6) is 0 Å². The van der Waals surface area contributed by atoms with E-state index in [1.54, 1.807) is 0 Å². The van der Waals surface area contributed by atoms with Crippen LogP contribution in [0.4, 0.5) is 0 Å². The summed E-state index contributed by atoms with van der Waals surface area (Å²) in [5, 5.41) is 33.0. The summed E-state index contributed by atoms with van der Waals surface area (Å²) in [6.07, 6.45) is 26.0. The van der Waals surface area contributed by atoms with Gasteiger partial charge in [0.15, 0.2) is 12.1 Å². The van der Waals surface area contributed by atoms with E-state index in [2.05, 4.69) is 6.92 Å². The Bertz CT molecular complexity index is 652. The molecule has 0 saturated heterocycles. The molecular weight excluding hydrogens is 542 g/mol. The zero-order chi connectivity index (χ0) is 32.3. The number of carbonyl (C=O) groups excluding carboxylic acids is 1. The van der Waals surface area contributed by atoms with Gasteiger partial charge in [-0.15, -0.1) is 0 Å². The molecule has 254 valence electrons. The molecule has 0 heterocycles. The standard InChI is InChI=1S/C36H69NO6/c1-5-9-10-11-12-13-14-15-16-17-18-19-20-21-22-23-24-25-26-30-37(31(27-6-2)34(38)39,32(28-7-3)35(40)41)33(29-8-4)36(42)43/h31-33H,5-30H2,1-4H3,(H2-,38,39,40,41,42,43). The van der Waals surface area contributed by atoms with Crippen LogP contribution >= 0.6 is 0 Å². The van der Waals surface area contributed by atoms with Crippen molar-refractivity contribution >= 4 is 17.9 Å². The Morgan fingerprint density at radius 2 is 0.744 bits per heavy atom. The zero-order valence-electron chi connectivity index (χ0n) is 28.6. The predicted octanol–water partition coefficient (Wildman–Crippen LogP) is 8.66. The summed E-state index contributed by atoms with van der Waals surface area (Å²) in [4.78, 5) is 37.6. The minimum Gasteiger partial charge on any atom is -0.544 e. The van der Waals surface area contributed by atoms with Crippen molar-refractivity contribution < 1.29 is 34.2 Å². The highest BCUT2D eigenvalue weighted by molar-refractivity contribution is 5.77. The lowest BCUT2D eigenvalue weighted by atomic mass is 9.91. The van der Waals surface area contributed by atoms with Gasteiger partial charge in [-0.3, -0.25) is 4.48 Å². The van der Waals surface area contributed by atoms with E-state index in [1.807, 2.05) is 20.8 Å². The van der Waals surface area contributed by atoms with Crippen LogP contribution in [0.2, 0.25) is 0 Å². The predicted molar refractivity (Wildman–Crippen MR) is 175 cm³/mol. The number of unbranched alkanes of at least 4 members (excludes halogenated alkanes) is 18. The van der Waals surface area contributed by atoms with Crippen LogP contribution in [0.1, 0.15) is 188 Å². The molecule has 0 bridgehead atoms. The van der Waals surface area contributed by atoms with E-state index in [0.29, 0.717) is 25.7 Å². The topological polar surface area (TPSA) is 115 Å². The van der Waals surface area contributed by atoms with Crippen LogP contribution in [-0.4, -0.2) is 57.3 Å². The van der Waals surface area contributed by atoms with Gasteiger partial charge in [0.05, 0.1) is 12.5 Å². The van der Waals surface area contributed by atoms with Crippen LogP contribution < -0.4 is 5.11 Å². The second kappa shape index (κ2) is 26.7. The average Bonchev–Trinajstić information content (AvgIpc) is 2.97. The summed E-state index contributed by atoms with van der Waals surface area (Å²) >= 11 is 0. The number of hydrogen-bond acceptors (Lipinski definition) is 4. The summed E-state index contributed by atoms with van der Waals surface area (Å²) in [5.74, 6) is -3.54. The molecule has 0 aromatic heterocycles. The molecule has 43 heavy (non-hydrogen) atoms. The number of nitrogens with zero attached hydrogens (tertiary/aromatic N) is 1. The van der Waals surface area contributed by atoms with Gasteiger partial charge in [0.2, 0.25) is 0 Å². The molecule has 0 rings (SSSR count). The van der Waals surface area contributed by atoms with Gasteiger partial charge in [-0.05, 0) is 25.7 Å². The van der Waals surface area contributed by atoms with Gasteiger partial charge < -0.3 is 20.1 Å². The maximum Gasteiger partial charge on any atom is 0.362 e. The molecule has 7 heteroatoms. The highest BCUT2D eigenvalue weighted by atomic mass is 16.4. The molecule has 0 saturated carbocycles. The van der Waals surface area contributed by atoms with E-state index >= 15 is 0 Å². The largest absolute Gasteiger partial charge is 0.544 e. The quantitative estimate of drug-likeness (QED) is 0.0581. The average molecular weight is 612 g/mol. The highest BCUT2D eigenvalue weighted by Gasteiger charge is 2.54. The molecule has 0 aliphatic heterocycles. The van der Waals surface area contributed by atoms with Crippen molar-refractivity contribution in [2.45, 2.75) is 206 Å². The third-order valence-electron chi connectivity index (χ3n) is 9.42. The Balaban J connectivity index is 4.76. The molecule has 2 N–H and O–H groups in total. The molecule has 7 nitrogen and oxygen atoms in total. The lowest BCUT2D eigenvalue weighted by molar-refractivity contribution is -0.975. The first kappa shape index (κ1) is 41.4. The van der Waals surface area contributed by atoms with Crippen molar-refractivity contribution in [3.8, 4) is 0 Å². The van der Waals surface area contributed by atoms with Crippen molar-refractivity contribution in [2.75, 3.05) is 6.54 Å². The Hall–Kier alpha value is -1.63. The fourth-order valence-corrected chi connectivity index (χ4v) is 7.10. The van der Waals surface area contributed by atoms with E-state index in [-0.39, 0.29) is 25.8 Å². The number of carboxylic acids is 3. The molecule has 0 spiro atoms. The Morgan fingerprint density at radius 3 is 1.00 bits per heavy atom. The summed E-state index contributed by atoms with van der Waals surface area (Å²) in [5.41, 5.74) is 0. The Labute approximate surface area is 264 Å². The van der Waals surface area contributed by atoms with Crippen molar-refractivity contribution in [1.29, 1.82) is 0 Å². The number of aliphatic carboxylic acids is 3. The summed E-state index contributed by atoms with van der Waals surface area (Å²) < 4.78 is -0.429. The third-order valence-corrected chi connectivity index (χ3v) is 9.42. The van der Waals surface area contributed by atoms with Crippen LogP contribution in [0.15, 0.2) is 0 Å². The SMILES string of the molecule is CCCCCCCCCCCCCCCCCCCCC[N+](C(CCC)C(=O)[O-])(C(CCC)C(=O)O)C(CCC)C(=O)O. The fraction of sp³-hybridized carbons (Fsp3) is 0.917. The van der Waals surface area contributed by atoms with Gasteiger partial charge in [0, 0.05) is 19.3 Å². The molecule has 0 radical (unpaired) electrons. The van der Waals surface area contributed by atoms with Crippen LogP contribution in [-0.2, 0) is 14.4 Å². The second-order valence-corrected chi connectivity index (χ2v) is 13.0.